The Kier molecular flexibility index (Phi) is 24.1. The Morgan fingerprint density at radius 3 is 1.29 bits per heavy atom. The van der Waals surface area contributed by atoms with Crippen molar-refractivity contribution >= 4 is 0 Å². The van der Waals surface area contributed by atoms with Gasteiger partial charge >= 0.3 is 0 Å². The summed E-state index contributed by atoms with van der Waals surface area (Å²) >= 11 is 0. The van der Waals surface area contributed by atoms with Crippen molar-refractivity contribution in [2.45, 2.75) is 20.3 Å². The summed E-state index contributed by atoms with van der Waals surface area (Å²) in [5.41, 5.74) is 0. The lowest BCUT2D eigenvalue weighted by molar-refractivity contribution is 0.487. The predicted molar refractivity (Wildman–Crippen MR) is 27.9 cm³/mol. The lowest BCUT2D eigenvalue weighted by atomic mass is 10.6. The normalized spacial score (nSPS) is 6.86. The van der Waals surface area contributed by atoms with Crippen LogP contribution in [0, 0.1) is 0 Å². The summed E-state index contributed by atoms with van der Waals surface area (Å²) in [5, 5.41) is 0. The van der Waals surface area contributed by atoms with E-state index in [1.807, 2.05) is 0 Å². The molecule has 0 heterocycles. The lowest BCUT2D eigenvalue weighted by Gasteiger charge is -1.64. The van der Waals surface area contributed by atoms with Gasteiger partial charge in [0.25, 0.3) is 0 Å². The first kappa shape index (κ1) is 9.97. The van der Waals surface area contributed by atoms with Crippen LogP contribution in [0.3, 0.4) is 0 Å². The van der Waals surface area contributed by atoms with Gasteiger partial charge in [-0.05, 0) is 13.3 Å². The summed E-state index contributed by atoms with van der Waals surface area (Å²) in [6.07, 6.45) is 0.653. The SMILES string of the molecule is CCCF.CCF. The molecule has 0 aromatic carbocycles. The topological polar surface area (TPSA) is 0 Å². The Morgan fingerprint density at radius 1 is 1.14 bits per heavy atom. The molecule has 0 radical (unpaired) electrons. The predicted octanol–water partition coefficient (Wildman–Crippen LogP) is 2.34. The van der Waals surface area contributed by atoms with E-state index in [1.165, 1.54) is 6.92 Å². The molecule has 0 atom stereocenters. The second-order valence-corrected chi connectivity index (χ2v) is 0.956. The van der Waals surface area contributed by atoms with E-state index < -0.39 is 0 Å². The van der Waals surface area contributed by atoms with Crippen LogP contribution in [-0.2, 0) is 0 Å². The molecule has 0 aliphatic heterocycles. The number of halogens is 2. The highest BCUT2D eigenvalue weighted by Gasteiger charge is 1.60. The van der Waals surface area contributed by atoms with Gasteiger partial charge in [0.1, 0.15) is 0 Å². The molecule has 0 aliphatic rings. The van der Waals surface area contributed by atoms with Crippen LogP contribution in [0.25, 0.3) is 0 Å². The second kappa shape index (κ2) is 16.9. The van der Waals surface area contributed by atoms with E-state index in [2.05, 4.69) is 0 Å². The Morgan fingerprint density at radius 2 is 1.29 bits per heavy atom. The third-order valence-corrected chi connectivity index (χ3v) is 0.189. The van der Waals surface area contributed by atoms with E-state index >= 15 is 0 Å². The minimum atomic E-state index is -0.250. The molecule has 0 bridgehead atoms. The molecule has 0 rings (SSSR count). The zero-order chi connectivity index (χ0) is 6.12. The van der Waals surface area contributed by atoms with Crippen LogP contribution in [0.4, 0.5) is 8.78 Å². The number of alkyl halides is 2. The maximum absolute atomic E-state index is 10.7. The molecule has 0 saturated heterocycles. The van der Waals surface area contributed by atoms with Crippen LogP contribution in [0.2, 0.25) is 0 Å². The van der Waals surface area contributed by atoms with E-state index in [1.54, 1.807) is 6.92 Å². The van der Waals surface area contributed by atoms with E-state index in [0.29, 0.717) is 6.42 Å². The highest BCUT2D eigenvalue weighted by molar-refractivity contribution is 4.11. The fourth-order valence-corrected chi connectivity index (χ4v) is 0. The van der Waals surface area contributed by atoms with Crippen molar-refractivity contribution < 1.29 is 8.78 Å². The minimum Gasteiger partial charge on any atom is -0.251 e. The van der Waals surface area contributed by atoms with Crippen molar-refractivity contribution in [2.24, 2.45) is 0 Å². The number of rotatable bonds is 1. The molecule has 0 saturated carbocycles. The van der Waals surface area contributed by atoms with E-state index in [0.717, 1.165) is 0 Å². The van der Waals surface area contributed by atoms with Gasteiger partial charge in [-0.15, -0.1) is 0 Å². The first-order chi connectivity index (χ1) is 3.33. The second-order valence-electron chi connectivity index (χ2n) is 0.956. The molecule has 2 heteroatoms. The summed E-state index contributed by atoms with van der Waals surface area (Å²) in [6.45, 7) is 2.83. The van der Waals surface area contributed by atoms with Crippen LogP contribution >= 0.6 is 0 Å². The maximum atomic E-state index is 10.7. The van der Waals surface area contributed by atoms with Gasteiger partial charge in [0.15, 0.2) is 0 Å². The molecule has 7 heavy (non-hydrogen) atoms. The molecule has 0 unspecified atom stereocenters. The largest absolute Gasteiger partial charge is 0.251 e. The maximum Gasteiger partial charge on any atom is 0.0891 e. The van der Waals surface area contributed by atoms with E-state index in [9.17, 15) is 8.78 Å². The molecule has 0 amide bonds. The number of hydrogen-bond donors (Lipinski definition) is 0. The van der Waals surface area contributed by atoms with E-state index in [4.69, 9.17) is 0 Å². The van der Waals surface area contributed by atoms with Gasteiger partial charge < -0.3 is 0 Å². The smallest absolute Gasteiger partial charge is 0.0891 e. The van der Waals surface area contributed by atoms with E-state index in [-0.39, 0.29) is 13.3 Å². The molecule has 0 N–H and O–H groups in total. The third kappa shape index (κ3) is 118. The molecule has 0 aliphatic carbocycles. The van der Waals surface area contributed by atoms with Gasteiger partial charge in [0.05, 0.1) is 13.3 Å². The Bertz CT molecular complexity index is 13.6. The number of hydrogen-bond acceptors (Lipinski definition) is 0. The minimum absolute atomic E-state index is 0.181. The first-order valence-electron chi connectivity index (χ1n) is 2.45. The molecule has 0 nitrogen and oxygen atoms in total. The zero-order valence-electron chi connectivity index (χ0n) is 4.88. The Hall–Kier alpha value is -0.140. The fourth-order valence-electron chi connectivity index (χ4n) is 0. The molecule has 0 fully saturated rings. The van der Waals surface area contributed by atoms with Crippen LogP contribution in [0.15, 0.2) is 0 Å². The van der Waals surface area contributed by atoms with Crippen molar-refractivity contribution in [3.63, 3.8) is 0 Å². The lowest BCUT2D eigenvalue weighted by Crippen LogP contribution is -1.58. The van der Waals surface area contributed by atoms with Crippen LogP contribution < -0.4 is 0 Å². The average molecular weight is 110 g/mol. The third-order valence-electron chi connectivity index (χ3n) is 0.189. The molecule has 0 spiro atoms. The molecular formula is C5H12F2. The van der Waals surface area contributed by atoms with Crippen LogP contribution in [-0.4, -0.2) is 13.3 Å². The molecule has 46 valence electrons. The van der Waals surface area contributed by atoms with Gasteiger partial charge in [-0.25, -0.2) is 0 Å². The monoisotopic (exact) mass is 110 g/mol. The van der Waals surface area contributed by atoms with Crippen molar-refractivity contribution in [3.8, 4) is 0 Å². The van der Waals surface area contributed by atoms with Gasteiger partial charge in [-0.1, -0.05) is 6.92 Å². The van der Waals surface area contributed by atoms with Crippen molar-refractivity contribution in [1.29, 1.82) is 0 Å². The average Bonchev–Trinajstić information content (AvgIpc) is 1.69. The van der Waals surface area contributed by atoms with Crippen molar-refractivity contribution in [3.05, 3.63) is 0 Å². The summed E-state index contributed by atoms with van der Waals surface area (Å²) in [7, 11) is 0. The fraction of sp³-hybridized carbons (Fsp3) is 1.00. The summed E-state index contributed by atoms with van der Waals surface area (Å²) in [5.74, 6) is 0. The molecule has 0 aromatic rings. The Balaban J connectivity index is 0. The van der Waals surface area contributed by atoms with Gasteiger partial charge in [-0.3, -0.25) is 8.78 Å². The van der Waals surface area contributed by atoms with Gasteiger partial charge in [0, 0.05) is 0 Å². The highest BCUT2D eigenvalue weighted by atomic mass is 19.1. The molecule has 0 aromatic heterocycles. The van der Waals surface area contributed by atoms with Crippen molar-refractivity contribution in [2.75, 3.05) is 13.3 Å². The van der Waals surface area contributed by atoms with Crippen LogP contribution in [0.1, 0.15) is 20.3 Å². The highest BCUT2D eigenvalue weighted by Crippen LogP contribution is 1.69. The summed E-state index contributed by atoms with van der Waals surface area (Å²) in [6, 6.07) is 0. The van der Waals surface area contributed by atoms with Gasteiger partial charge in [0.2, 0.25) is 0 Å². The van der Waals surface area contributed by atoms with Crippen molar-refractivity contribution in [1.82, 2.24) is 0 Å². The first-order valence-corrected chi connectivity index (χ1v) is 2.45. The Labute approximate surface area is 43.5 Å². The summed E-state index contributed by atoms with van der Waals surface area (Å²) < 4.78 is 21.0. The zero-order valence-corrected chi connectivity index (χ0v) is 4.88. The quantitative estimate of drug-likeness (QED) is 0.486. The summed E-state index contributed by atoms with van der Waals surface area (Å²) in [4.78, 5) is 0. The molecular weight excluding hydrogens is 98.1 g/mol. The standard InChI is InChI=1S/C3H7F.C2H5F/c1-2-3-4;1-2-3/h2-3H2,1H3;2H2,1H3. The van der Waals surface area contributed by atoms with Crippen LogP contribution in [0.5, 0.6) is 0 Å². The van der Waals surface area contributed by atoms with Gasteiger partial charge in [-0.2, -0.15) is 0 Å².